The predicted octanol–water partition coefficient (Wildman–Crippen LogP) is 2.52. The molecule has 2 aromatic heterocycles. The van der Waals surface area contributed by atoms with Gasteiger partial charge in [0.05, 0.1) is 18.2 Å². The minimum atomic E-state index is -4.55. The molecule has 0 atom stereocenters. The van der Waals surface area contributed by atoms with Crippen LogP contribution in [0.15, 0.2) is 36.8 Å². The number of rotatable bonds is 3. The van der Waals surface area contributed by atoms with Gasteiger partial charge >= 0.3 is 6.18 Å². The first kappa shape index (κ1) is 15.8. The van der Waals surface area contributed by atoms with Crippen molar-refractivity contribution in [1.29, 1.82) is 0 Å². The highest BCUT2D eigenvalue weighted by Crippen LogP contribution is 2.39. The van der Waals surface area contributed by atoms with Crippen LogP contribution in [0.25, 0.3) is 16.8 Å². The number of aromatic nitrogens is 3. The van der Waals surface area contributed by atoms with Crippen molar-refractivity contribution >= 4 is 11.6 Å². The third-order valence-electron chi connectivity index (χ3n) is 3.51. The molecule has 0 bridgehead atoms. The summed E-state index contributed by atoms with van der Waals surface area (Å²) in [4.78, 5) is 15.8. The summed E-state index contributed by atoms with van der Waals surface area (Å²) >= 11 is 0. The third kappa shape index (κ3) is 2.53. The number of benzene rings is 1. The number of halogens is 3. The minimum Gasteiger partial charge on any atom is -0.496 e. The Labute approximate surface area is 133 Å². The highest BCUT2D eigenvalue weighted by molar-refractivity contribution is 6.04. The van der Waals surface area contributed by atoms with Crippen LogP contribution in [-0.4, -0.2) is 27.6 Å². The minimum absolute atomic E-state index is 0.0214. The second-order valence-corrected chi connectivity index (χ2v) is 4.91. The quantitative estimate of drug-likeness (QED) is 0.797. The molecule has 0 aliphatic rings. The van der Waals surface area contributed by atoms with Gasteiger partial charge in [0.15, 0.2) is 5.65 Å². The maximum atomic E-state index is 13.1. The fraction of sp³-hybridized carbons (Fsp3) is 0.133. The van der Waals surface area contributed by atoms with Crippen molar-refractivity contribution in [3.8, 4) is 16.9 Å². The van der Waals surface area contributed by atoms with Crippen LogP contribution in [0.2, 0.25) is 0 Å². The Balaban J connectivity index is 2.40. The molecule has 6 nitrogen and oxygen atoms in total. The van der Waals surface area contributed by atoms with Gasteiger partial charge in [0.25, 0.3) is 0 Å². The summed E-state index contributed by atoms with van der Waals surface area (Å²) in [7, 11) is 1.32. The molecule has 3 rings (SSSR count). The van der Waals surface area contributed by atoms with Gasteiger partial charge in [-0.15, -0.1) is 0 Å². The van der Waals surface area contributed by atoms with Crippen molar-refractivity contribution in [2.75, 3.05) is 7.11 Å². The van der Waals surface area contributed by atoms with Gasteiger partial charge in [-0.2, -0.15) is 18.3 Å². The molecule has 1 aromatic carbocycles. The van der Waals surface area contributed by atoms with E-state index >= 15 is 0 Å². The second-order valence-electron chi connectivity index (χ2n) is 4.91. The highest BCUT2D eigenvalue weighted by Gasteiger charge is 2.32. The maximum Gasteiger partial charge on any atom is 0.416 e. The van der Waals surface area contributed by atoms with Gasteiger partial charge in [0.2, 0.25) is 5.91 Å². The number of ether oxygens (including phenoxy) is 1. The number of methoxy groups -OCH3 is 1. The number of nitrogens with zero attached hydrogens (tertiary/aromatic N) is 3. The SMILES string of the molecule is COc1ccc(C(F)(F)F)cc1-c1c(C(N)=O)ccn2ncnc12. The van der Waals surface area contributed by atoms with E-state index in [4.69, 9.17) is 10.5 Å². The summed E-state index contributed by atoms with van der Waals surface area (Å²) in [6, 6.07) is 4.35. The predicted molar refractivity (Wildman–Crippen MR) is 78.5 cm³/mol. The number of pyridine rings is 1. The molecule has 2 heterocycles. The number of hydrogen-bond acceptors (Lipinski definition) is 4. The zero-order valence-corrected chi connectivity index (χ0v) is 12.3. The molecule has 0 radical (unpaired) electrons. The Morgan fingerprint density at radius 3 is 2.67 bits per heavy atom. The second kappa shape index (κ2) is 5.52. The average molecular weight is 336 g/mol. The molecule has 0 fully saturated rings. The lowest BCUT2D eigenvalue weighted by atomic mass is 9.97. The molecule has 1 amide bonds. The van der Waals surface area contributed by atoms with Gasteiger partial charge in [-0.25, -0.2) is 9.50 Å². The Morgan fingerprint density at radius 1 is 1.29 bits per heavy atom. The molecule has 0 spiro atoms. The number of nitrogens with two attached hydrogens (primary N) is 1. The van der Waals surface area contributed by atoms with Crippen LogP contribution >= 0.6 is 0 Å². The fourth-order valence-corrected chi connectivity index (χ4v) is 2.44. The molecule has 124 valence electrons. The normalized spacial score (nSPS) is 11.7. The van der Waals surface area contributed by atoms with E-state index in [2.05, 4.69) is 10.1 Å². The van der Waals surface area contributed by atoms with E-state index in [1.54, 1.807) is 0 Å². The summed E-state index contributed by atoms with van der Waals surface area (Å²) < 4.78 is 45.7. The van der Waals surface area contributed by atoms with Crippen molar-refractivity contribution in [2.45, 2.75) is 6.18 Å². The monoisotopic (exact) mass is 336 g/mol. The smallest absolute Gasteiger partial charge is 0.416 e. The third-order valence-corrected chi connectivity index (χ3v) is 3.51. The lowest BCUT2D eigenvalue weighted by Gasteiger charge is -2.15. The summed E-state index contributed by atoms with van der Waals surface area (Å²) in [5.41, 5.74) is 4.89. The summed E-state index contributed by atoms with van der Waals surface area (Å²) in [6.07, 6.45) is -1.87. The number of carbonyl (C=O) groups excluding carboxylic acids is 1. The number of amides is 1. The van der Waals surface area contributed by atoms with E-state index in [0.717, 1.165) is 12.1 Å². The average Bonchev–Trinajstić information content (AvgIpc) is 3.00. The van der Waals surface area contributed by atoms with E-state index < -0.39 is 17.6 Å². The summed E-state index contributed by atoms with van der Waals surface area (Å²) in [5.74, 6) is -0.642. The van der Waals surface area contributed by atoms with E-state index in [9.17, 15) is 18.0 Å². The standard InChI is InChI=1S/C15H11F3N4O2/c1-24-11-3-2-8(15(16,17)18)6-10(11)12-9(13(19)23)4-5-22-14(12)20-7-21-22/h2-7H,1H3,(H2,19,23). The highest BCUT2D eigenvalue weighted by atomic mass is 19.4. The molecule has 0 unspecified atom stereocenters. The van der Waals surface area contributed by atoms with Gasteiger partial charge in [-0.05, 0) is 24.3 Å². The molecule has 0 saturated heterocycles. The largest absolute Gasteiger partial charge is 0.496 e. The van der Waals surface area contributed by atoms with Gasteiger partial charge in [0.1, 0.15) is 12.1 Å². The lowest BCUT2D eigenvalue weighted by molar-refractivity contribution is -0.137. The zero-order valence-electron chi connectivity index (χ0n) is 12.3. The summed E-state index contributed by atoms with van der Waals surface area (Å²) in [6.45, 7) is 0. The molecule has 9 heteroatoms. The maximum absolute atomic E-state index is 13.1. The van der Waals surface area contributed by atoms with Crippen molar-refractivity contribution in [3.05, 3.63) is 47.9 Å². The van der Waals surface area contributed by atoms with Crippen LogP contribution < -0.4 is 10.5 Å². The van der Waals surface area contributed by atoms with E-state index in [1.165, 1.54) is 36.3 Å². The van der Waals surface area contributed by atoms with Crippen molar-refractivity contribution in [1.82, 2.24) is 14.6 Å². The number of hydrogen-bond donors (Lipinski definition) is 1. The van der Waals surface area contributed by atoms with Crippen LogP contribution in [0.3, 0.4) is 0 Å². The fourth-order valence-electron chi connectivity index (χ4n) is 2.44. The van der Waals surface area contributed by atoms with Gasteiger partial charge in [-0.1, -0.05) is 0 Å². The van der Waals surface area contributed by atoms with Gasteiger partial charge in [0, 0.05) is 17.3 Å². The van der Waals surface area contributed by atoms with Crippen molar-refractivity contribution in [3.63, 3.8) is 0 Å². The topological polar surface area (TPSA) is 82.5 Å². The van der Waals surface area contributed by atoms with Crippen LogP contribution in [0, 0.1) is 0 Å². The molecule has 3 aromatic rings. The van der Waals surface area contributed by atoms with Crippen LogP contribution in [0.1, 0.15) is 15.9 Å². The number of primary amides is 1. The molecule has 0 aliphatic carbocycles. The first-order valence-electron chi connectivity index (χ1n) is 6.70. The first-order chi connectivity index (χ1) is 11.3. The molecule has 2 N–H and O–H groups in total. The Bertz CT molecular complexity index is 934. The number of fused-ring (bicyclic) bond motifs is 1. The van der Waals surface area contributed by atoms with Gasteiger partial charge in [-0.3, -0.25) is 4.79 Å². The van der Waals surface area contributed by atoms with E-state index in [-0.39, 0.29) is 28.1 Å². The Morgan fingerprint density at radius 2 is 2.04 bits per heavy atom. The molecule has 24 heavy (non-hydrogen) atoms. The Kier molecular flexibility index (Phi) is 3.63. The van der Waals surface area contributed by atoms with Crippen molar-refractivity contribution < 1.29 is 22.7 Å². The zero-order chi connectivity index (χ0) is 17.5. The van der Waals surface area contributed by atoms with Crippen molar-refractivity contribution in [2.24, 2.45) is 5.73 Å². The van der Waals surface area contributed by atoms with Gasteiger partial charge < -0.3 is 10.5 Å². The first-order valence-corrected chi connectivity index (χ1v) is 6.70. The number of carbonyl (C=O) groups is 1. The number of alkyl halides is 3. The molecule has 0 aliphatic heterocycles. The molecular formula is C15H11F3N4O2. The van der Waals surface area contributed by atoms with E-state index in [1.807, 2.05) is 0 Å². The van der Waals surface area contributed by atoms with Crippen LogP contribution in [0.4, 0.5) is 13.2 Å². The Hall–Kier alpha value is -3.10. The van der Waals surface area contributed by atoms with Crippen LogP contribution in [-0.2, 0) is 6.18 Å². The van der Waals surface area contributed by atoms with Crippen LogP contribution in [0.5, 0.6) is 5.75 Å². The lowest BCUT2D eigenvalue weighted by Crippen LogP contribution is -2.14. The van der Waals surface area contributed by atoms with E-state index in [0.29, 0.717) is 0 Å². The molecular weight excluding hydrogens is 325 g/mol. The molecule has 0 saturated carbocycles. The summed E-state index contributed by atoms with van der Waals surface area (Å²) in [5, 5.41) is 3.92.